The lowest BCUT2D eigenvalue weighted by Gasteiger charge is -2.37. The van der Waals surface area contributed by atoms with Gasteiger partial charge in [0.25, 0.3) is 0 Å². The van der Waals surface area contributed by atoms with Crippen LogP contribution < -0.4 is 15.1 Å². The number of nitrogens with zero attached hydrogens (tertiary/aromatic N) is 4. The standard InChI is InChI=1S/C29H41N5O2/c1-23(35)30-27-9-7-24(8-10-27)11-12-32-13-15-33(16-14-32)28-21-26(25-5-3-2-4-6-25)22-29(31-28)34-17-19-36-20-18-34/h2-6,21-22,24,27H,7-20H2,1H3,(H,30,35). The van der Waals surface area contributed by atoms with E-state index >= 15 is 0 Å². The smallest absolute Gasteiger partial charge is 0.217 e. The molecule has 36 heavy (non-hydrogen) atoms. The molecule has 3 fully saturated rings. The number of nitrogens with one attached hydrogen (secondary N) is 1. The van der Waals surface area contributed by atoms with Crippen LogP contribution in [0.3, 0.4) is 0 Å². The zero-order valence-corrected chi connectivity index (χ0v) is 21.7. The molecule has 0 atom stereocenters. The van der Waals surface area contributed by atoms with Crippen LogP contribution in [-0.4, -0.2) is 80.9 Å². The molecule has 0 unspecified atom stereocenters. The highest BCUT2D eigenvalue weighted by Crippen LogP contribution is 2.30. The van der Waals surface area contributed by atoms with Crippen LogP contribution in [0.15, 0.2) is 42.5 Å². The van der Waals surface area contributed by atoms with Gasteiger partial charge in [0.05, 0.1) is 13.2 Å². The van der Waals surface area contributed by atoms with Gasteiger partial charge < -0.3 is 19.9 Å². The highest BCUT2D eigenvalue weighted by molar-refractivity contribution is 5.73. The van der Waals surface area contributed by atoms with E-state index in [1.165, 1.54) is 36.9 Å². The van der Waals surface area contributed by atoms with Crippen molar-refractivity contribution >= 4 is 17.5 Å². The molecule has 1 amide bonds. The summed E-state index contributed by atoms with van der Waals surface area (Å²) in [6.07, 6.45) is 6.02. The van der Waals surface area contributed by atoms with Gasteiger partial charge >= 0.3 is 0 Å². The highest BCUT2D eigenvalue weighted by atomic mass is 16.5. The second kappa shape index (κ2) is 12.1. The Morgan fingerprint density at radius 1 is 0.889 bits per heavy atom. The number of aromatic nitrogens is 1. The summed E-state index contributed by atoms with van der Waals surface area (Å²) in [7, 11) is 0. The first-order valence-electron chi connectivity index (χ1n) is 13.8. The molecule has 2 saturated heterocycles. The molecule has 1 saturated carbocycles. The average molecular weight is 492 g/mol. The van der Waals surface area contributed by atoms with Crippen LogP contribution >= 0.6 is 0 Å². The third-order valence-corrected chi connectivity index (χ3v) is 8.04. The van der Waals surface area contributed by atoms with E-state index in [-0.39, 0.29) is 5.91 Å². The average Bonchev–Trinajstić information content (AvgIpc) is 2.93. The minimum atomic E-state index is 0.109. The van der Waals surface area contributed by atoms with Gasteiger partial charge in [-0.3, -0.25) is 9.69 Å². The van der Waals surface area contributed by atoms with Crippen molar-refractivity contribution in [3.05, 3.63) is 42.5 Å². The number of carbonyl (C=O) groups is 1. The van der Waals surface area contributed by atoms with E-state index in [9.17, 15) is 4.79 Å². The van der Waals surface area contributed by atoms with Crippen molar-refractivity contribution in [3.8, 4) is 11.1 Å². The van der Waals surface area contributed by atoms with Crippen LogP contribution in [0.5, 0.6) is 0 Å². The van der Waals surface area contributed by atoms with Gasteiger partial charge in [-0.05, 0) is 67.8 Å². The summed E-state index contributed by atoms with van der Waals surface area (Å²) in [5.74, 6) is 3.06. The molecule has 0 spiro atoms. The van der Waals surface area contributed by atoms with Gasteiger partial charge in [-0.25, -0.2) is 4.98 Å². The number of piperazine rings is 1. The second-order valence-electron chi connectivity index (χ2n) is 10.6. The molecule has 3 aliphatic rings. The Labute approximate surface area is 215 Å². The second-order valence-corrected chi connectivity index (χ2v) is 10.6. The third-order valence-electron chi connectivity index (χ3n) is 8.04. The molecule has 1 aliphatic carbocycles. The van der Waals surface area contributed by atoms with E-state index in [4.69, 9.17) is 9.72 Å². The van der Waals surface area contributed by atoms with E-state index < -0.39 is 0 Å². The van der Waals surface area contributed by atoms with Crippen molar-refractivity contribution < 1.29 is 9.53 Å². The number of morpholine rings is 1. The summed E-state index contributed by atoms with van der Waals surface area (Å²) >= 11 is 0. The van der Waals surface area contributed by atoms with Crippen LogP contribution in [0, 0.1) is 5.92 Å². The van der Waals surface area contributed by atoms with Crippen molar-refractivity contribution in [1.29, 1.82) is 0 Å². The Hall–Kier alpha value is -2.64. The fourth-order valence-electron chi connectivity index (χ4n) is 5.86. The molecule has 1 aromatic carbocycles. The SMILES string of the molecule is CC(=O)NC1CCC(CCN2CCN(c3cc(-c4ccccc4)cc(N4CCOCC4)n3)CC2)CC1. The summed E-state index contributed by atoms with van der Waals surface area (Å²) in [5.41, 5.74) is 2.47. The number of anilines is 2. The maximum atomic E-state index is 11.3. The normalized spacial score (nSPS) is 23.5. The number of amides is 1. The molecular weight excluding hydrogens is 450 g/mol. The molecule has 0 radical (unpaired) electrons. The van der Waals surface area contributed by atoms with E-state index in [0.29, 0.717) is 6.04 Å². The minimum Gasteiger partial charge on any atom is -0.378 e. The zero-order valence-electron chi connectivity index (χ0n) is 21.7. The number of hydrogen-bond acceptors (Lipinski definition) is 6. The number of rotatable bonds is 7. The number of carbonyl (C=O) groups excluding carboxylic acids is 1. The Balaban J connectivity index is 1.18. The fraction of sp³-hybridized carbons (Fsp3) is 0.586. The molecule has 7 nitrogen and oxygen atoms in total. The molecule has 3 heterocycles. The molecule has 1 aromatic heterocycles. The topological polar surface area (TPSA) is 60.9 Å². The summed E-state index contributed by atoms with van der Waals surface area (Å²) < 4.78 is 5.58. The Bertz CT molecular complexity index is 978. The van der Waals surface area contributed by atoms with Crippen molar-refractivity contribution in [2.75, 3.05) is 68.8 Å². The quantitative estimate of drug-likeness (QED) is 0.636. The van der Waals surface area contributed by atoms with E-state index in [2.05, 4.69) is 62.5 Å². The molecular formula is C29H41N5O2. The minimum absolute atomic E-state index is 0.109. The lowest BCUT2D eigenvalue weighted by molar-refractivity contribution is -0.119. The lowest BCUT2D eigenvalue weighted by atomic mass is 9.84. The number of ether oxygens (including phenoxy) is 1. The molecule has 2 aromatic rings. The number of hydrogen-bond donors (Lipinski definition) is 1. The Morgan fingerprint density at radius 3 is 2.17 bits per heavy atom. The number of pyridine rings is 1. The molecule has 2 aliphatic heterocycles. The molecule has 1 N–H and O–H groups in total. The van der Waals surface area contributed by atoms with Gasteiger partial charge in [0.2, 0.25) is 5.91 Å². The molecule has 0 bridgehead atoms. The molecule has 7 heteroatoms. The first-order valence-corrected chi connectivity index (χ1v) is 13.8. The van der Waals surface area contributed by atoms with Crippen LogP contribution in [0.2, 0.25) is 0 Å². The summed E-state index contributed by atoms with van der Waals surface area (Å²) in [6.45, 7) is 10.3. The lowest BCUT2D eigenvalue weighted by Crippen LogP contribution is -2.47. The van der Waals surface area contributed by atoms with Gasteiger partial charge in [-0.2, -0.15) is 0 Å². The van der Waals surface area contributed by atoms with Crippen molar-refractivity contribution in [3.63, 3.8) is 0 Å². The predicted octanol–water partition coefficient (Wildman–Crippen LogP) is 3.79. The largest absolute Gasteiger partial charge is 0.378 e. The first kappa shape index (κ1) is 25.0. The van der Waals surface area contributed by atoms with Gasteiger partial charge in [0.15, 0.2) is 0 Å². The van der Waals surface area contributed by atoms with Crippen LogP contribution in [0.1, 0.15) is 39.0 Å². The van der Waals surface area contributed by atoms with Crippen LogP contribution in [0.25, 0.3) is 11.1 Å². The van der Waals surface area contributed by atoms with E-state index in [1.54, 1.807) is 6.92 Å². The number of benzene rings is 1. The molecule has 5 rings (SSSR count). The van der Waals surface area contributed by atoms with E-state index in [0.717, 1.165) is 82.9 Å². The van der Waals surface area contributed by atoms with Crippen LogP contribution in [-0.2, 0) is 9.53 Å². The van der Waals surface area contributed by atoms with E-state index in [1.807, 2.05) is 0 Å². The van der Waals surface area contributed by atoms with Crippen molar-refractivity contribution in [2.45, 2.75) is 45.1 Å². The van der Waals surface area contributed by atoms with Gasteiger partial charge in [-0.15, -0.1) is 0 Å². The van der Waals surface area contributed by atoms with Crippen molar-refractivity contribution in [1.82, 2.24) is 15.2 Å². The summed E-state index contributed by atoms with van der Waals surface area (Å²) in [6, 6.07) is 15.5. The summed E-state index contributed by atoms with van der Waals surface area (Å²) in [5, 5.41) is 3.10. The maximum Gasteiger partial charge on any atom is 0.217 e. The fourth-order valence-corrected chi connectivity index (χ4v) is 5.86. The Kier molecular flexibility index (Phi) is 8.39. The summed E-state index contributed by atoms with van der Waals surface area (Å²) in [4.78, 5) is 23.9. The highest BCUT2D eigenvalue weighted by Gasteiger charge is 2.24. The monoisotopic (exact) mass is 491 g/mol. The first-order chi connectivity index (χ1) is 17.6. The van der Waals surface area contributed by atoms with Crippen molar-refractivity contribution in [2.24, 2.45) is 5.92 Å². The van der Waals surface area contributed by atoms with Gasteiger partial charge in [0, 0.05) is 52.2 Å². The van der Waals surface area contributed by atoms with Gasteiger partial charge in [-0.1, -0.05) is 30.3 Å². The Morgan fingerprint density at radius 2 is 1.53 bits per heavy atom. The third kappa shape index (κ3) is 6.56. The maximum absolute atomic E-state index is 11.3. The molecule has 194 valence electrons. The van der Waals surface area contributed by atoms with Gasteiger partial charge in [0.1, 0.15) is 11.6 Å². The zero-order chi connectivity index (χ0) is 24.7. The van der Waals surface area contributed by atoms with Crippen LogP contribution in [0.4, 0.5) is 11.6 Å². The predicted molar refractivity (Wildman–Crippen MR) is 146 cm³/mol.